The molecule has 6 rings (SSSR count). The molecular weight excluding hydrogens is 600 g/mol. The molecule has 0 unspecified atom stereocenters. The molecule has 3 aromatic heterocycles. The SMILES string of the molecule is N#Cc1cc(C#N)c(N2CCN(c3cccc(Cl)n3)CC2)nc1Nc1ccccc1NC(N)=Nc1ccc(-c2ccccc2)nn1. The van der Waals surface area contributed by atoms with E-state index in [-0.39, 0.29) is 11.5 Å². The average Bonchev–Trinajstić information content (AvgIpc) is 3.09. The Hall–Kier alpha value is -6.24. The molecule has 1 aliphatic rings. The van der Waals surface area contributed by atoms with Gasteiger partial charge < -0.3 is 26.2 Å². The molecule has 5 aromatic rings. The van der Waals surface area contributed by atoms with E-state index in [0.29, 0.717) is 65.7 Å². The number of nitriles is 2. The van der Waals surface area contributed by atoms with Crippen LogP contribution in [-0.2, 0) is 0 Å². The lowest BCUT2D eigenvalue weighted by Crippen LogP contribution is -2.47. The van der Waals surface area contributed by atoms with Gasteiger partial charge in [-0.25, -0.2) is 9.97 Å². The van der Waals surface area contributed by atoms with E-state index < -0.39 is 0 Å². The fraction of sp³-hybridized carbons (Fsp3) is 0.121. The summed E-state index contributed by atoms with van der Waals surface area (Å²) >= 11 is 6.09. The fourth-order valence-electron chi connectivity index (χ4n) is 4.99. The number of nitrogens with two attached hydrogens (primary N) is 1. The van der Waals surface area contributed by atoms with Crippen LogP contribution in [0.1, 0.15) is 11.1 Å². The van der Waals surface area contributed by atoms with Gasteiger partial charge in [-0.2, -0.15) is 15.5 Å². The van der Waals surface area contributed by atoms with Gasteiger partial charge in [-0.15, -0.1) is 10.2 Å². The van der Waals surface area contributed by atoms with Crippen LogP contribution in [0.5, 0.6) is 0 Å². The van der Waals surface area contributed by atoms with E-state index in [1.54, 1.807) is 18.2 Å². The summed E-state index contributed by atoms with van der Waals surface area (Å²) in [4.78, 5) is 17.7. The van der Waals surface area contributed by atoms with E-state index >= 15 is 0 Å². The summed E-state index contributed by atoms with van der Waals surface area (Å²) in [6.07, 6.45) is 0. The van der Waals surface area contributed by atoms with Crippen LogP contribution in [0.3, 0.4) is 0 Å². The Kier molecular flexibility index (Phi) is 8.81. The number of rotatable bonds is 7. The predicted octanol–water partition coefficient (Wildman–Crippen LogP) is 5.46. The Morgan fingerprint density at radius 1 is 0.783 bits per heavy atom. The number of aromatic nitrogens is 4. The molecule has 4 heterocycles. The highest BCUT2D eigenvalue weighted by Crippen LogP contribution is 2.30. The molecule has 46 heavy (non-hydrogen) atoms. The first-order valence-corrected chi connectivity index (χ1v) is 14.7. The van der Waals surface area contributed by atoms with E-state index in [0.717, 1.165) is 17.1 Å². The molecule has 1 aliphatic heterocycles. The maximum Gasteiger partial charge on any atom is 0.199 e. The van der Waals surface area contributed by atoms with Crippen molar-refractivity contribution in [3.63, 3.8) is 0 Å². The second kappa shape index (κ2) is 13.6. The topological polar surface area (TPSA) is 168 Å². The van der Waals surface area contributed by atoms with Gasteiger partial charge in [0.15, 0.2) is 17.6 Å². The van der Waals surface area contributed by atoms with Crippen LogP contribution in [0.25, 0.3) is 11.3 Å². The maximum absolute atomic E-state index is 9.93. The quantitative estimate of drug-likeness (QED) is 0.119. The zero-order valence-corrected chi connectivity index (χ0v) is 25.2. The van der Waals surface area contributed by atoms with Gasteiger partial charge in [0.25, 0.3) is 0 Å². The molecule has 1 saturated heterocycles. The largest absolute Gasteiger partial charge is 0.369 e. The number of benzene rings is 2. The molecule has 0 bridgehead atoms. The number of guanidine groups is 1. The molecule has 0 spiro atoms. The van der Waals surface area contributed by atoms with Crippen molar-refractivity contribution in [2.24, 2.45) is 10.7 Å². The highest BCUT2D eigenvalue weighted by molar-refractivity contribution is 6.29. The number of anilines is 5. The van der Waals surface area contributed by atoms with Gasteiger partial charge in [0.05, 0.1) is 28.2 Å². The van der Waals surface area contributed by atoms with E-state index in [9.17, 15) is 10.5 Å². The number of hydrogen-bond acceptors (Lipinski definition) is 10. The van der Waals surface area contributed by atoms with E-state index in [1.165, 1.54) is 0 Å². The van der Waals surface area contributed by atoms with Crippen molar-refractivity contribution in [2.45, 2.75) is 0 Å². The Bertz CT molecular complexity index is 1960. The third kappa shape index (κ3) is 6.78. The number of nitrogens with one attached hydrogen (secondary N) is 2. The lowest BCUT2D eigenvalue weighted by molar-refractivity contribution is 0.641. The van der Waals surface area contributed by atoms with Gasteiger partial charge in [0, 0.05) is 31.7 Å². The van der Waals surface area contributed by atoms with Crippen molar-refractivity contribution in [1.82, 2.24) is 20.2 Å². The number of para-hydroxylation sites is 2. The third-order valence-electron chi connectivity index (χ3n) is 7.24. The zero-order chi connectivity index (χ0) is 31.9. The van der Waals surface area contributed by atoms with Crippen LogP contribution in [-0.4, -0.2) is 52.3 Å². The minimum absolute atomic E-state index is 0.0945. The third-order valence-corrected chi connectivity index (χ3v) is 7.46. The summed E-state index contributed by atoms with van der Waals surface area (Å²) in [6, 6.07) is 32.0. The Morgan fingerprint density at radius 2 is 1.50 bits per heavy atom. The van der Waals surface area contributed by atoms with Crippen molar-refractivity contribution in [3.05, 3.63) is 107 Å². The van der Waals surface area contributed by atoms with Crippen LogP contribution in [0.4, 0.5) is 34.6 Å². The van der Waals surface area contributed by atoms with Gasteiger partial charge in [-0.3, -0.25) is 0 Å². The highest BCUT2D eigenvalue weighted by Gasteiger charge is 2.23. The molecule has 2 aromatic carbocycles. The molecule has 0 atom stereocenters. The first-order valence-electron chi connectivity index (χ1n) is 14.3. The van der Waals surface area contributed by atoms with Crippen LogP contribution in [0.2, 0.25) is 5.15 Å². The number of piperazine rings is 1. The van der Waals surface area contributed by atoms with E-state index in [1.807, 2.05) is 77.7 Å². The minimum Gasteiger partial charge on any atom is -0.369 e. The normalized spacial score (nSPS) is 13.1. The van der Waals surface area contributed by atoms with E-state index in [4.69, 9.17) is 22.3 Å². The molecule has 13 heteroatoms. The molecule has 226 valence electrons. The number of aliphatic imine (C=N–C) groups is 1. The number of nitrogens with zero attached hydrogens (tertiary/aromatic N) is 9. The summed E-state index contributed by atoms with van der Waals surface area (Å²) in [5, 5.41) is 35.1. The van der Waals surface area contributed by atoms with Crippen LogP contribution in [0, 0.1) is 22.7 Å². The van der Waals surface area contributed by atoms with Crippen LogP contribution >= 0.6 is 11.6 Å². The standard InChI is InChI=1S/C33H27ClN12/c34-28-11-6-12-30(40-28)45-15-17-46(18-16-45)32-24(21-36)19-23(20-35)31(42-32)38-26-9-4-5-10-27(26)39-33(37)41-29-14-13-25(43-44-29)22-7-2-1-3-8-22/h1-14,19H,15-18H2,(H,38,42)(H3,37,39,41,44). The molecule has 0 radical (unpaired) electrons. The molecule has 0 saturated carbocycles. The number of halogens is 1. The maximum atomic E-state index is 9.93. The van der Waals surface area contributed by atoms with Crippen molar-refractivity contribution in [2.75, 3.05) is 46.6 Å². The minimum atomic E-state index is 0.0945. The van der Waals surface area contributed by atoms with Gasteiger partial charge in [0.2, 0.25) is 0 Å². The molecule has 0 amide bonds. The second-order valence-corrected chi connectivity index (χ2v) is 10.6. The number of hydrogen-bond donors (Lipinski definition) is 3. The van der Waals surface area contributed by atoms with Crippen LogP contribution in [0.15, 0.2) is 96.0 Å². The van der Waals surface area contributed by atoms with Crippen molar-refractivity contribution in [1.29, 1.82) is 10.5 Å². The Labute approximate surface area is 270 Å². The fourth-order valence-corrected chi connectivity index (χ4v) is 5.15. The first-order chi connectivity index (χ1) is 22.5. The average molecular weight is 627 g/mol. The van der Waals surface area contributed by atoms with Gasteiger partial charge in [0.1, 0.15) is 28.9 Å². The lowest BCUT2D eigenvalue weighted by atomic mass is 10.1. The molecule has 4 N–H and O–H groups in total. The lowest BCUT2D eigenvalue weighted by Gasteiger charge is -2.36. The van der Waals surface area contributed by atoms with Gasteiger partial charge in [-0.05, 0) is 42.5 Å². The molecular formula is C33H27ClN12. The summed E-state index contributed by atoms with van der Waals surface area (Å²) in [5.41, 5.74) is 9.66. The Balaban J connectivity index is 1.20. The van der Waals surface area contributed by atoms with E-state index in [2.05, 4.69) is 47.8 Å². The second-order valence-electron chi connectivity index (χ2n) is 10.2. The zero-order valence-electron chi connectivity index (χ0n) is 24.5. The van der Waals surface area contributed by atoms with Crippen molar-refractivity contribution < 1.29 is 0 Å². The van der Waals surface area contributed by atoms with Crippen molar-refractivity contribution >= 4 is 52.2 Å². The van der Waals surface area contributed by atoms with Gasteiger partial charge >= 0.3 is 0 Å². The molecule has 0 aliphatic carbocycles. The summed E-state index contributed by atoms with van der Waals surface area (Å²) < 4.78 is 0. The summed E-state index contributed by atoms with van der Waals surface area (Å²) in [7, 11) is 0. The highest BCUT2D eigenvalue weighted by atomic mass is 35.5. The summed E-state index contributed by atoms with van der Waals surface area (Å²) in [5.74, 6) is 2.03. The van der Waals surface area contributed by atoms with Crippen molar-refractivity contribution in [3.8, 4) is 23.4 Å². The first kappa shape index (κ1) is 29.8. The number of pyridine rings is 2. The molecule has 12 nitrogen and oxygen atoms in total. The Morgan fingerprint density at radius 3 is 2.20 bits per heavy atom. The van der Waals surface area contributed by atoms with Crippen LogP contribution < -0.4 is 26.2 Å². The molecule has 1 fully saturated rings. The van der Waals surface area contributed by atoms with Gasteiger partial charge in [-0.1, -0.05) is 60.1 Å². The monoisotopic (exact) mass is 626 g/mol. The predicted molar refractivity (Wildman–Crippen MR) is 179 cm³/mol. The summed E-state index contributed by atoms with van der Waals surface area (Å²) in [6.45, 7) is 2.52. The smallest absolute Gasteiger partial charge is 0.199 e.